The molecule has 1 aromatic heterocycles. The molecule has 2 bridgehead atoms. The summed E-state index contributed by atoms with van der Waals surface area (Å²) in [6, 6.07) is -0.586. The van der Waals surface area contributed by atoms with Crippen LogP contribution in [0.15, 0.2) is 11.4 Å². The van der Waals surface area contributed by atoms with Crippen LogP contribution >= 0.6 is 11.3 Å². The number of nitrogens with one attached hydrogen (secondary N) is 1. The number of urea groups is 1. The molecular formula is C10H11N3O6S2. The number of hydroxylamine groups is 2. The van der Waals surface area contributed by atoms with E-state index in [-0.39, 0.29) is 12.5 Å². The van der Waals surface area contributed by atoms with Crippen LogP contribution in [0, 0.1) is 0 Å². The maximum absolute atomic E-state index is 12.2. The van der Waals surface area contributed by atoms with Crippen LogP contribution in [0.2, 0.25) is 0 Å². The van der Waals surface area contributed by atoms with Crippen LogP contribution in [0.5, 0.6) is 0 Å². The molecule has 2 N–H and O–H groups in total. The van der Waals surface area contributed by atoms with E-state index >= 15 is 0 Å². The first-order valence-corrected chi connectivity index (χ1v) is 8.13. The van der Waals surface area contributed by atoms with E-state index in [0.717, 1.165) is 0 Å². The first-order valence-electron chi connectivity index (χ1n) is 5.89. The van der Waals surface area contributed by atoms with Gasteiger partial charge in [0.15, 0.2) is 0 Å². The number of rotatable bonds is 3. The van der Waals surface area contributed by atoms with E-state index < -0.39 is 28.5 Å². The number of carbonyl (C=O) groups excluding carboxylic acids is 2. The minimum Gasteiger partial charge on any atom is -0.357 e. The topological polar surface area (TPSA) is 116 Å². The molecule has 11 heteroatoms. The van der Waals surface area contributed by atoms with Gasteiger partial charge in [0.1, 0.15) is 12.1 Å². The Morgan fingerprint density at radius 1 is 1.57 bits per heavy atom. The average molecular weight is 333 g/mol. The van der Waals surface area contributed by atoms with Crippen molar-refractivity contribution in [3.8, 4) is 0 Å². The molecule has 1 fully saturated rings. The fourth-order valence-corrected chi connectivity index (χ4v) is 4.03. The van der Waals surface area contributed by atoms with E-state index in [1.807, 2.05) is 0 Å². The van der Waals surface area contributed by atoms with E-state index in [9.17, 15) is 18.0 Å². The standard InChI is InChI=1S/C10H11N3O6S2/c1-11-9(14)7-8-5(2-3-20-8)6-4-12(7)10(15)13(6)19-21(16,17)18/h2-3,6-7H,4H2,1H3,(H,11,14)(H,16,17,18). The van der Waals surface area contributed by atoms with Crippen molar-refractivity contribution in [1.29, 1.82) is 0 Å². The van der Waals surface area contributed by atoms with Crippen LogP contribution in [-0.2, 0) is 19.5 Å². The Labute approximate surface area is 124 Å². The lowest BCUT2D eigenvalue weighted by Crippen LogP contribution is -2.42. The van der Waals surface area contributed by atoms with Gasteiger partial charge < -0.3 is 10.2 Å². The Hall–Kier alpha value is -1.69. The van der Waals surface area contributed by atoms with Crippen LogP contribution in [0.4, 0.5) is 4.79 Å². The third-order valence-electron chi connectivity index (χ3n) is 3.40. The van der Waals surface area contributed by atoms with Gasteiger partial charge in [-0.3, -0.25) is 9.35 Å². The van der Waals surface area contributed by atoms with Crippen molar-refractivity contribution in [2.45, 2.75) is 12.1 Å². The highest BCUT2D eigenvalue weighted by Crippen LogP contribution is 2.46. The van der Waals surface area contributed by atoms with Gasteiger partial charge in [-0.05, 0) is 17.0 Å². The van der Waals surface area contributed by atoms with Crippen molar-refractivity contribution >= 4 is 33.7 Å². The summed E-state index contributed by atoms with van der Waals surface area (Å²) >= 11 is 1.30. The highest BCUT2D eigenvalue weighted by Gasteiger charge is 2.52. The SMILES string of the molecule is CNC(=O)C1c2sccc2C2CN1C(=O)N2OS(=O)(=O)O. The molecule has 2 aliphatic rings. The van der Waals surface area contributed by atoms with Crippen LogP contribution < -0.4 is 5.32 Å². The summed E-state index contributed by atoms with van der Waals surface area (Å²) in [5.41, 5.74) is 0.638. The van der Waals surface area contributed by atoms with Gasteiger partial charge in [0.25, 0.3) is 0 Å². The summed E-state index contributed by atoms with van der Waals surface area (Å²) in [4.78, 5) is 26.1. The van der Waals surface area contributed by atoms with Crippen molar-refractivity contribution in [3.05, 3.63) is 21.9 Å². The third kappa shape index (κ3) is 2.18. The number of hydrogen-bond donors (Lipinski definition) is 2. The zero-order chi connectivity index (χ0) is 15.4. The maximum Gasteiger partial charge on any atom is 0.418 e. The van der Waals surface area contributed by atoms with E-state index in [1.54, 1.807) is 11.4 Å². The highest BCUT2D eigenvalue weighted by molar-refractivity contribution is 7.80. The number of hydrogen-bond acceptors (Lipinski definition) is 6. The van der Waals surface area contributed by atoms with Gasteiger partial charge in [0, 0.05) is 11.9 Å². The molecule has 0 aliphatic carbocycles. The van der Waals surface area contributed by atoms with Crippen molar-refractivity contribution in [2.75, 3.05) is 13.6 Å². The van der Waals surface area contributed by atoms with Gasteiger partial charge in [-0.1, -0.05) is 0 Å². The zero-order valence-electron chi connectivity index (χ0n) is 10.7. The molecule has 1 aromatic rings. The quantitative estimate of drug-likeness (QED) is 0.756. The third-order valence-corrected chi connectivity index (χ3v) is 4.74. The van der Waals surface area contributed by atoms with E-state index in [2.05, 4.69) is 9.60 Å². The molecule has 3 amide bonds. The molecule has 21 heavy (non-hydrogen) atoms. The van der Waals surface area contributed by atoms with E-state index in [1.165, 1.54) is 23.3 Å². The van der Waals surface area contributed by atoms with Crippen LogP contribution in [0.1, 0.15) is 22.5 Å². The Morgan fingerprint density at radius 2 is 2.29 bits per heavy atom. The number of thiophene rings is 1. The van der Waals surface area contributed by atoms with E-state index in [0.29, 0.717) is 15.5 Å². The molecule has 0 radical (unpaired) electrons. The van der Waals surface area contributed by atoms with Crippen LogP contribution in [-0.4, -0.2) is 48.5 Å². The smallest absolute Gasteiger partial charge is 0.357 e. The van der Waals surface area contributed by atoms with E-state index in [4.69, 9.17) is 4.55 Å². The molecule has 2 unspecified atom stereocenters. The lowest BCUT2D eigenvalue weighted by molar-refractivity contribution is -0.125. The Morgan fingerprint density at radius 3 is 2.90 bits per heavy atom. The average Bonchev–Trinajstić information content (AvgIpc) is 2.97. The van der Waals surface area contributed by atoms with Crippen molar-refractivity contribution < 1.29 is 26.8 Å². The molecule has 3 heterocycles. The summed E-state index contributed by atoms with van der Waals surface area (Å²) in [6.07, 6.45) is 0. The molecule has 3 rings (SSSR count). The molecule has 2 atom stereocenters. The fraction of sp³-hybridized carbons (Fsp3) is 0.400. The predicted octanol–water partition coefficient (Wildman–Crippen LogP) is 0.0619. The van der Waals surface area contributed by atoms with Crippen molar-refractivity contribution in [3.63, 3.8) is 0 Å². The first-order chi connectivity index (χ1) is 9.83. The van der Waals surface area contributed by atoms with Gasteiger partial charge in [0.2, 0.25) is 5.91 Å². The largest absolute Gasteiger partial charge is 0.418 e. The van der Waals surface area contributed by atoms with Gasteiger partial charge in [0.05, 0.1) is 6.54 Å². The molecule has 1 saturated heterocycles. The molecule has 2 aliphatic heterocycles. The second kappa shape index (κ2) is 4.66. The van der Waals surface area contributed by atoms with Crippen molar-refractivity contribution in [2.24, 2.45) is 0 Å². The fourth-order valence-electron chi connectivity index (χ4n) is 2.59. The second-order valence-electron chi connectivity index (χ2n) is 4.54. The number of nitrogens with zero attached hydrogens (tertiary/aromatic N) is 2. The van der Waals surface area contributed by atoms with Gasteiger partial charge in [-0.25, -0.2) is 4.79 Å². The summed E-state index contributed by atoms with van der Waals surface area (Å²) < 4.78 is 34.9. The minimum atomic E-state index is -4.83. The number of likely N-dealkylation sites (N-methyl/N-ethyl adjacent to an activating group) is 1. The molecule has 0 saturated carbocycles. The molecular weight excluding hydrogens is 322 g/mol. The second-order valence-corrected chi connectivity index (χ2v) is 6.49. The monoisotopic (exact) mass is 333 g/mol. The maximum atomic E-state index is 12.2. The summed E-state index contributed by atoms with van der Waals surface area (Å²) in [6.45, 7) is 0.107. The van der Waals surface area contributed by atoms with Gasteiger partial charge >= 0.3 is 16.4 Å². The van der Waals surface area contributed by atoms with Crippen LogP contribution in [0.3, 0.4) is 0 Å². The summed E-state index contributed by atoms with van der Waals surface area (Å²) in [5, 5.41) is 4.81. The first kappa shape index (κ1) is 14.3. The molecule has 9 nitrogen and oxygen atoms in total. The van der Waals surface area contributed by atoms with Crippen molar-refractivity contribution in [1.82, 2.24) is 15.3 Å². The van der Waals surface area contributed by atoms with Crippen LogP contribution in [0.25, 0.3) is 0 Å². The van der Waals surface area contributed by atoms with Gasteiger partial charge in [-0.2, -0.15) is 13.5 Å². The normalized spacial score (nSPS) is 24.2. The molecule has 114 valence electrons. The Bertz CT molecular complexity index is 714. The zero-order valence-corrected chi connectivity index (χ0v) is 12.3. The number of amides is 3. The Balaban J connectivity index is 2.06. The molecule has 0 spiro atoms. The number of carbonyl (C=O) groups is 2. The lowest BCUT2D eigenvalue weighted by Gasteiger charge is -2.28. The number of fused-ring (bicyclic) bond motifs is 4. The van der Waals surface area contributed by atoms with Gasteiger partial charge in [-0.15, -0.1) is 15.6 Å². The lowest BCUT2D eigenvalue weighted by atomic mass is 9.99. The predicted molar refractivity (Wildman–Crippen MR) is 70.4 cm³/mol. The Kier molecular flexibility index (Phi) is 3.16. The highest BCUT2D eigenvalue weighted by atomic mass is 32.3. The summed E-state index contributed by atoms with van der Waals surface area (Å²) in [5.74, 6) is -0.376. The molecule has 0 aromatic carbocycles. The summed E-state index contributed by atoms with van der Waals surface area (Å²) in [7, 11) is -3.37. The minimum absolute atomic E-state index is 0.107.